The number of amides is 2. The van der Waals surface area contributed by atoms with E-state index in [0.29, 0.717) is 5.69 Å². The molecule has 5 nitrogen and oxygen atoms in total. The van der Waals surface area contributed by atoms with Gasteiger partial charge in [-0.15, -0.1) is 0 Å². The van der Waals surface area contributed by atoms with Crippen molar-refractivity contribution in [3.63, 3.8) is 0 Å². The van der Waals surface area contributed by atoms with E-state index in [2.05, 4.69) is 5.32 Å². The molecular formula is C14H11FN2O3. The lowest BCUT2D eigenvalue weighted by Crippen LogP contribution is -2.14. The van der Waals surface area contributed by atoms with Crippen LogP contribution < -0.4 is 11.1 Å². The number of aromatic hydroxyl groups is 1. The van der Waals surface area contributed by atoms with E-state index in [4.69, 9.17) is 5.73 Å². The van der Waals surface area contributed by atoms with Crippen LogP contribution in [0.5, 0.6) is 5.75 Å². The number of phenols is 1. The first-order valence-electron chi connectivity index (χ1n) is 5.67. The van der Waals surface area contributed by atoms with E-state index in [1.165, 1.54) is 12.1 Å². The number of nitrogens with two attached hydrogens (primary N) is 1. The van der Waals surface area contributed by atoms with E-state index in [1.807, 2.05) is 0 Å². The normalized spacial score (nSPS) is 10.1. The minimum Gasteiger partial charge on any atom is -0.507 e. The smallest absolute Gasteiger partial charge is 0.259 e. The highest BCUT2D eigenvalue weighted by atomic mass is 19.1. The molecule has 0 aromatic heterocycles. The van der Waals surface area contributed by atoms with Crippen molar-refractivity contribution >= 4 is 17.5 Å². The van der Waals surface area contributed by atoms with Crippen molar-refractivity contribution in [3.8, 4) is 5.75 Å². The number of phenolic OH excluding ortho intramolecular Hbond substituents is 1. The fourth-order valence-electron chi connectivity index (χ4n) is 1.64. The Hall–Kier alpha value is -2.89. The molecule has 0 fully saturated rings. The summed E-state index contributed by atoms with van der Waals surface area (Å²) in [5.41, 5.74) is 5.47. The molecule has 0 aliphatic carbocycles. The lowest BCUT2D eigenvalue weighted by atomic mass is 10.1. The zero-order chi connectivity index (χ0) is 14.7. The Morgan fingerprint density at radius 1 is 1.15 bits per heavy atom. The number of carbonyl (C=O) groups excluding carboxylic acids is 2. The lowest BCUT2D eigenvalue weighted by molar-refractivity contribution is 0.0995. The van der Waals surface area contributed by atoms with Crippen molar-refractivity contribution < 1.29 is 19.1 Å². The first kappa shape index (κ1) is 13.5. The molecule has 0 atom stereocenters. The standard InChI is InChI=1S/C14H11FN2O3/c15-9-4-5-12(18)11(7-9)14(20)17-10-3-1-2-8(6-10)13(16)19/h1-7,18H,(H2,16,19)(H,17,20). The van der Waals surface area contributed by atoms with Crippen LogP contribution in [0.1, 0.15) is 20.7 Å². The molecule has 0 saturated heterocycles. The minimum atomic E-state index is -0.691. The summed E-state index contributed by atoms with van der Waals surface area (Å²) in [7, 11) is 0. The predicted molar refractivity (Wildman–Crippen MR) is 71.0 cm³/mol. The third-order valence-corrected chi connectivity index (χ3v) is 2.61. The molecule has 0 aliphatic heterocycles. The number of anilines is 1. The fourth-order valence-corrected chi connectivity index (χ4v) is 1.64. The van der Waals surface area contributed by atoms with E-state index < -0.39 is 17.6 Å². The predicted octanol–water partition coefficient (Wildman–Crippen LogP) is 1.88. The van der Waals surface area contributed by atoms with E-state index in [9.17, 15) is 19.1 Å². The summed E-state index contributed by atoms with van der Waals surface area (Å²) in [5, 5.41) is 12.0. The Kier molecular flexibility index (Phi) is 3.65. The van der Waals surface area contributed by atoms with Crippen molar-refractivity contribution in [3.05, 3.63) is 59.4 Å². The van der Waals surface area contributed by atoms with Gasteiger partial charge in [0, 0.05) is 11.3 Å². The first-order valence-corrected chi connectivity index (χ1v) is 5.67. The summed E-state index contributed by atoms with van der Waals surface area (Å²) in [6.07, 6.45) is 0. The van der Waals surface area contributed by atoms with Gasteiger partial charge in [-0.2, -0.15) is 0 Å². The molecule has 102 valence electrons. The topological polar surface area (TPSA) is 92.4 Å². The summed E-state index contributed by atoms with van der Waals surface area (Å²) in [6.45, 7) is 0. The maximum Gasteiger partial charge on any atom is 0.259 e. The van der Waals surface area contributed by atoms with Crippen LogP contribution in [0.4, 0.5) is 10.1 Å². The molecule has 4 N–H and O–H groups in total. The fraction of sp³-hybridized carbons (Fsp3) is 0. The molecule has 0 aliphatic rings. The molecule has 2 aromatic carbocycles. The van der Waals surface area contributed by atoms with Crippen molar-refractivity contribution in [1.82, 2.24) is 0 Å². The van der Waals surface area contributed by atoms with Crippen LogP contribution in [0.2, 0.25) is 0 Å². The average molecular weight is 274 g/mol. The van der Waals surface area contributed by atoms with E-state index in [-0.39, 0.29) is 16.9 Å². The van der Waals surface area contributed by atoms with Crippen LogP contribution in [0.15, 0.2) is 42.5 Å². The van der Waals surface area contributed by atoms with Crippen molar-refractivity contribution in [2.45, 2.75) is 0 Å². The molecule has 2 rings (SSSR count). The number of primary amides is 1. The van der Waals surface area contributed by atoms with Gasteiger partial charge in [0.05, 0.1) is 5.56 Å². The molecule has 0 unspecified atom stereocenters. The molecule has 2 amide bonds. The van der Waals surface area contributed by atoms with Crippen LogP contribution in [-0.4, -0.2) is 16.9 Å². The average Bonchev–Trinajstić information content (AvgIpc) is 2.41. The van der Waals surface area contributed by atoms with E-state index in [1.54, 1.807) is 12.1 Å². The summed E-state index contributed by atoms with van der Waals surface area (Å²) in [5.74, 6) is -2.30. The summed E-state index contributed by atoms with van der Waals surface area (Å²) < 4.78 is 13.1. The van der Waals surface area contributed by atoms with Crippen molar-refractivity contribution in [2.24, 2.45) is 5.73 Å². The Balaban J connectivity index is 2.25. The third-order valence-electron chi connectivity index (χ3n) is 2.61. The molecular weight excluding hydrogens is 263 g/mol. The molecule has 0 heterocycles. The summed E-state index contributed by atoms with van der Waals surface area (Å²) in [6, 6.07) is 9.02. The van der Waals surface area contributed by atoms with Crippen LogP contribution in [0, 0.1) is 5.82 Å². The Labute approximate surface area is 113 Å². The van der Waals surface area contributed by atoms with Crippen LogP contribution in [-0.2, 0) is 0 Å². The molecule has 6 heteroatoms. The van der Waals surface area contributed by atoms with E-state index >= 15 is 0 Å². The molecule has 0 bridgehead atoms. The quantitative estimate of drug-likeness (QED) is 0.797. The van der Waals surface area contributed by atoms with E-state index in [0.717, 1.165) is 18.2 Å². The van der Waals surface area contributed by atoms with Gasteiger partial charge in [-0.1, -0.05) is 6.07 Å². The second-order valence-corrected chi connectivity index (χ2v) is 4.06. The van der Waals surface area contributed by atoms with Gasteiger partial charge in [-0.05, 0) is 36.4 Å². The SMILES string of the molecule is NC(=O)c1cccc(NC(=O)c2cc(F)ccc2O)c1. The molecule has 0 saturated carbocycles. The highest BCUT2D eigenvalue weighted by Crippen LogP contribution is 2.20. The highest BCUT2D eigenvalue weighted by Gasteiger charge is 2.13. The number of hydrogen-bond donors (Lipinski definition) is 3. The second kappa shape index (κ2) is 5.40. The van der Waals surface area contributed by atoms with Crippen LogP contribution in [0.3, 0.4) is 0 Å². The van der Waals surface area contributed by atoms with Gasteiger partial charge in [0.25, 0.3) is 5.91 Å². The monoisotopic (exact) mass is 274 g/mol. The van der Waals surface area contributed by atoms with Crippen molar-refractivity contribution in [1.29, 1.82) is 0 Å². The largest absolute Gasteiger partial charge is 0.507 e. The van der Waals surface area contributed by atoms with Gasteiger partial charge in [0.1, 0.15) is 11.6 Å². The summed E-state index contributed by atoms with van der Waals surface area (Å²) in [4.78, 5) is 22.9. The Morgan fingerprint density at radius 3 is 2.60 bits per heavy atom. The van der Waals surface area contributed by atoms with Crippen molar-refractivity contribution in [2.75, 3.05) is 5.32 Å². The van der Waals surface area contributed by atoms with Gasteiger partial charge < -0.3 is 16.2 Å². The summed E-state index contributed by atoms with van der Waals surface area (Å²) >= 11 is 0. The highest BCUT2D eigenvalue weighted by molar-refractivity contribution is 6.06. The Bertz CT molecular complexity index is 686. The lowest BCUT2D eigenvalue weighted by Gasteiger charge is -2.07. The third kappa shape index (κ3) is 2.92. The zero-order valence-electron chi connectivity index (χ0n) is 10.3. The maximum atomic E-state index is 13.1. The number of benzene rings is 2. The first-order chi connectivity index (χ1) is 9.47. The van der Waals surface area contributed by atoms with Gasteiger partial charge >= 0.3 is 0 Å². The number of rotatable bonds is 3. The zero-order valence-corrected chi connectivity index (χ0v) is 10.3. The van der Waals surface area contributed by atoms with Gasteiger partial charge in [-0.25, -0.2) is 4.39 Å². The minimum absolute atomic E-state index is 0.200. The number of carbonyl (C=O) groups is 2. The van der Waals surface area contributed by atoms with Crippen LogP contribution in [0.25, 0.3) is 0 Å². The number of halogens is 1. The maximum absolute atomic E-state index is 13.1. The van der Waals surface area contributed by atoms with Crippen LogP contribution >= 0.6 is 0 Å². The molecule has 2 aromatic rings. The van der Waals surface area contributed by atoms with Gasteiger partial charge in [-0.3, -0.25) is 9.59 Å². The Morgan fingerprint density at radius 2 is 1.90 bits per heavy atom. The van der Waals surface area contributed by atoms with Gasteiger partial charge in [0.2, 0.25) is 5.91 Å². The number of hydrogen-bond acceptors (Lipinski definition) is 3. The molecule has 0 radical (unpaired) electrons. The molecule has 0 spiro atoms. The van der Waals surface area contributed by atoms with Gasteiger partial charge in [0.15, 0.2) is 0 Å². The number of nitrogens with one attached hydrogen (secondary N) is 1. The molecule has 20 heavy (non-hydrogen) atoms. The second-order valence-electron chi connectivity index (χ2n) is 4.06.